The molecule has 0 rings (SSSR count). The van der Waals surface area contributed by atoms with E-state index < -0.39 is 16.4 Å². The summed E-state index contributed by atoms with van der Waals surface area (Å²) in [5.41, 5.74) is 7.64. The van der Waals surface area contributed by atoms with Crippen molar-refractivity contribution in [2.24, 2.45) is 4.36 Å². The van der Waals surface area contributed by atoms with Crippen molar-refractivity contribution in [2.75, 3.05) is 0 Å². The highest BCUT2D eigenvalue weighted by atomic mass is 32.2. The van der Waals surface area contributed by atoms with Crippen LogP contribution in [0.3, 0.4) is 0 Å². The van der Waals surface area contributed by atoms with Crippen LogP contribution < -0.4 is 0 Å². The van der Waals surface area contributed by atoms with Crippen molar-refractivity contribution in [2.45, 2.75) is 0 Å². The Hall–Kier alpha value is -1.33. The monoisotopic (exact) mass is 147 g/mol. The average Bonchev–Trinajstić information content (AvgIpc) is 1.63. The summed E-state index contributed by atoms with van der Waals surface area (Å²) in [6, 6.07) is 0. The molecule has 0 bridgehead atoms. The van der Waals surface area contributed by atoms with Crippen molar-refractivity contribution in [1.82, 2.24) is 0 Å². The van der Waals surface area contributed by atoms with Gasteiger partial charge in [0.05, 0.1) is 0 Å². The summed E-state index contributed by atoms with van der Waals surface area (Å²) in [6.07, 6.45) is 0.371. The number of amides is 1. The molecule has 0 atom stereocenters. The Bertz CT molecular complexity index is 274. The van der Waals surface area contributed by atoms with E-state index in [0.29, 0.717) is 6.21 Å². The molecule has 0 aliphatic heterocycles. The third-order valence-electron chi connectivity index (χ3n) is 0.333. The molecule has 0 aliphatic carbocycles. The minimum absolute atomic E-state index is 0.371. The topological polar surface area (TPSA) is 100.0 Å². The number of rotatable bonds is 1. The first kappa shape index (κ1) is 7.67. The van der Waals surface area contributed by atoms with Gasteiger partial charge in [-0.25, -0.2) is 0 Å². The van der Waals surface area contributed by atoms with Gasteiger partial charge in [0.15, 0.2) is 0 Å². The molecule has 0 saturated carbocycles. The third-order valence-corrected chi connectivity index (χ3v) is 0.662. The van der Waals surface area contributed by atoms with Gasteiger partial charge in [0.25, 0.3) is 0 Å². The first-order valence-corrected chi connectivity index (χ1v) is 2.72. The molecule has 48 valence electrons. The summed E-state index contributed by atoms with van der Waals surface area (Å²) in [6.45, 7) is 0. The Morgan fingerprint density at radius 3 is 2.56 bits per heavy atom. The standard InChI is InChI=1S/C2HN3O3S/c3-4-1-2(6)5-9(7)8/h1H. The van der Waals surface area contributed by atoms with Crippen LogP contribution >= 0.6 is 0 Å². The first-order chi connectivity index (χ1) is 4.16. The van der Waals surface area contributed by atoms with Crippen molar-refractivity contribution in [3.8, 4) is 0 Å². The van der Waals surface area contributed by atoms with Crippen molar-refractivity contribution in [3.63, 3.8) is 0 Å². The Morgan fingerprint density at radius 2 is 2.22 bits per heavy atom. The molecule has 0 N–H and O–H groups in total. The smallest absolute Gasteiger partial charge is 0.361 e. The van der Waals surface area contributed by atoms with Crippen LogP contribution in [0.4, 0.5) is 0 Å². The Kier molecular flexibility index (Phi) is 3.11. The van der Waals surface area contributed by atoms with Gasteiger partial charge in [0.1, 0.15) is 0 Å². The normalized spacial score (nSPS) is 7.11. The van der Waals surface area contributed by atoms with Crippen molar-refractivity contribution < 1.29 is 18.0 Å². The van der Waals surface area contributed by atoms with Gasteiger partial charge in [-0.3, -0.25) is 4.79 Å². The highest BCUT2D eigenvalue weighted by Gasteiger charge is 1.96. The second-order valence-corrected chi connectivity index (χ2v) is 1.51. The van der Waals surface area contributed by atoms with Gasteiger partial charge in [-0.15, -0.1) is 0 Å². The molecule has 0 aliphatic rings. The zero-order valence-electron chi connectivity index (χ0n) is 4.05. The van der Waals surface area contributed by atoms with E-state index >= 15 is 0 Å². The highest BCUT2D eigenvalue weighted by molar-refractivity contribution is 7.62. The quantitative estimate of drug-likeness (QED) is 0.266. The minimum atomic E-state index is -2.77. The molecule has 6 nitrogen and oxygen atoms in total. The SMILES string of the molecule is [N-]=[N+]=CC(=O)N=S(=O)=O. The number of hydrogen-bond donors (Lipinski definition) is 0. The second-order valence-electron chi connectivity index (χ2n) is 0.891. The second kappa shape index (κ2) is 3.65. The lowest BCUT2D eigenvalue weighted by atomic mass is 10.7. The molecular weight excluding hydrogens is 146 g/mol. The number of hydrogen-bond acceptors (Lipinski definition) is 3. The van der Waals surface area contributed by atoms with Crippen LogP contribution in [0, 0.1) is 0 Å². The van der Waals surface area contributed by atoms with E-state index in [2.05, 4.69) is 9.15 Å². The van der Waals surface area contributed by atoms with Crippen LogP contribution in [0.25, 0.3) is 5.53 Å². The summed E-state index contributed by atoms with van der Waals surface area (Å²) in [5.74, 6) is -1.12. The molecule has 0 heterocycles. The fourth-order valence-corrected chi connectivity index (χ4v) is 0.340. The van der Waals surface area contributed by atoms with Crippen LogP contribution in [0.5, 0.6) is 0 Å². The predicted molar refractivity (Wildman–Crippen MR) is 26.0 cm³/mol. The fraction of sp³-hybridized carbons (Fsp3) is 0. The van der Waals surface area contributed by atoms with Gasteiger partial charge in [0, 0.05) is 0 Å². The summed E-state index contributed by atoms with van der Waals surface area (Å²) in [7, 11) is -2.77. The molecule has 0 spiro atoms. The van der Waals surface area contributed by atoms with Crippen LogP contribution in [-0.4, -0.2) is 25.3 Å². The Labute approximate surface area is 51.4 Å². The maximum Gasteiger partial charge on any atom is 0.366 e. The summed E-state index contributed by atoms with van der Waals surface area (Å²) >= 11 is 0. The molecule has 0 saturated heterocycles. The van der Waals surface area contributed by atoms with Gasteiger partial charge in [-0.2, -0.15) is 13.2 Å². The Morgan fingerprint density at radius 1 is 1.67 bits per heavy atom. The zero-order chi connectivity index (χ0) is 7.28. The van der Waals surface area contributed by atoms with Crippen LogP contribution in [-0.2, 0) is 15.3 Å². The van der Waals surface area contributed by atoms with Crippen LogP contribution in [0.2, 0.25) is 0 Å². The molecule has 0 radical (unpaired) electrons. The van der Waals surface area contributed by atoms with E-state index in [9.17, 15) is 13.2 Å². The van der Waals surface area contributed by atoms with E-state index in [1.165, 1.54) is 0 Å². The maximum absolute atomic E-state index is 9.98. The molecule has 9 heavy (non-hydrogen) atoms. The number of carbonyl (C=O) groups excluding carboxylic acids is 1. The molecule has 0 aromatic heterocycles. The lowest BCUT2D eigenvalue weighted by molar-refractivity contribution is -0.114. The van der Waals surface area contributed by atoms with Crippen LogP contribution in [0.1, 0.15) is 0 Å². The molecule has 1 amide bonds. The van der Waals surface area contributed by atoms with Crippen LogP contribution in [0.15, 0.2) is 4.36 Å². The number of carbonyl (C=O) groups is 1. The predicted octanol–water partition coefficient (Wildman–Crippen LogP) is -1.12. The molecule has 0 fully saturated rings. The maximum atomic E-state index is 9.98. The minimum Gasteiger partial charge on any atom is -0.361 e. The highest BCUT2D eigenvalue weighted by Crippen LogP contribution is 1.63. The molecule has 7 heteroatoms. The summed E-state index contributed by atoms with van der Waals surface area (Å²) in [4.78, 5) is 12.2. The van der Waals surface area contributed by atoms with E-state index in [0.717, 1.165) is 0 Å². The average molecular weight is 147 g/mol. The van der Waals surface area contributed by atoms with Gasteiger partial charge < -0.3 is 5.53 Å². The summed E-state index contributed by atoms with van der Waals surface area (Å²) < 4.78 is 21.5. The first-order valence-electron chi connectivity index (χ1n) is 1.69. The molecule has 0 aromatic carbocycles. The van der Waals surface area contributed by atoms with E-state index in [1.54, 1.807) is 0 Å². The van der Waals surface area contributed by atoms with Crippen molar-refractivity contribution in [3.05, 3.63) is 5.53 Å². The molecular formula is C2HN3O3S. The van der Waals surface area contributed by atoms with Gasteiger partial charge in [-0.05, 0) is 0 Å². The van der Waals surface area contributed by atoms with Gasteiger partial charge >= 0.3 is 22.6 Å². The zero-order valence-corrected chi connectivity index (χ0v) is 4.87. The molecule has 0 unspecified atom stereocenters. The van der Waals surface area contributed by atoms with Crippen molar-refractivity contribution >= 4 is 22.6 Å². The van der Waals surface area contributed by atoms with Gasteiger partial charge in [-0.1, -0.05) is 4.36 Å². The fourth-order valence-electron chi connectivity index (χ4n) is 0.146. The molecule has 0 aromatic rings. The lowest BCUT2D eigenvalue weighted by Crippen LogP contribution is -1.92. The largest absolute Gasteiger partial charge is 0.366 e. The summed E-state index contributed by atoms with van der Waals surface area (Å²) in [5, 5.41) is 0. The van der Waals surface area contributed by atoms with E-state index in [1.807, 2.05) is 0 Å². The van der Waals surface area contributed by atoms with Crippen molar-refractivity contribution in [1.29, 1.82) is 0 Å². The third kappa shape index (κ3) is 4.52. The Balaban J connectivity index is 4.46. The van der Waals surface area contributed by atoms with E-state index in [-0.39, 0.29) is 0 Å². The van der Waals surface area contributed by atoms with E-state index in [4.69, 9.17) is 5.53 Å². The van der Waals surface area contributed by atoms with Gasteiger partial charge in [0.2, 0.25) is 0 Å². The lowest BCUT2D eigenvalue weighted by Gasteiger charge is -1.60. The number of nitrogens with zero attached hydrogens (tertiary/aromatic N) is 3.